The fourth-order valence-corrected chi connectivity index (χ4v) is 3.06. The van der Waals surface area contributed by atoms with E-state index in [9.17, 15) is 8.42 Å². The second kappa shape index (κ2) is 7.28. The quantitative estimate of drug-likeness (QED) is 0.807. The largest absolute Gasteiger partial charge is 0.495 e. The van der Waals surface area contributed by atoms with Crippen LogP contribution in [0.25, 0.3) is 0 Å². The van der Waals surface area contributed by atoms with E-state index >= 15 is 0 Å². The molecule has 7 nitrogen and oxygen atoms in total. The molecule has 1 aromatic carbocycles. The van der Waals surface area contributed by atoms with Crippen LogP contribution in [0.2, 0.25) is 0 Å². The molecule has 0 unspecified atom stereocenters. The van der Waals surface area contributed by atoms with Gasteiger partial charge < -0.3 is 10.1 Å². The first-order valence-electron chi connectivity index (χ1n) is 7.19. The first-order chi connectivity index (χ1) is 10.9. The van der Waals surface area contributed by atoms with E-state index in [1.165, 1.54) is 0 Å². The van der Waals surface area contributed by atoms with Crippen molar-refractivity contribution in [3.8, 4) is 5.75 Å². The Morgan fingerprint density at radius 3 is 2.43 bits per heavy atom. The number of nitrogens with one attached hydrogen (secondary N) is 2. The normalized spacial score (nSPS) is 11.1. The van der Waals surface area contributed by atoms with Crippen molar-refractivity contribution in [2.75, 3.05) is 22.9 Å². The Morgan fingerprint density at radius 1 is 1.13 bits per heavy atom. The summed E-state index contributed by atoms with van der Waals surface area (Å²) in [5, 5.41) is 11.0. The van der Waals surface area contributed by atoms with E-state index in [0.29, 0.717) is 18.0 Å². The molecule has 0 fully saturated rings. The standard InChI is InChI=1S/C15H20N4O3S/c1-4-9-23(20,21)19-15-8-7-14(17-18-15)16-12-10-11(2)5-6-13(12)22-3/h5-8,10H,4,9H2,1-3H3,(H,16,17)(H,18,19). The zero-order valence-corrected chi connectivity index (χ0v) is 14.1. The van der Waals surface area contributed by atoms with Gasteiger partial charge in [-0.2, -0.15) is 0 Å². The van der Waals surface area contributed by atoms with Crippen molar-refractivity contribution in [3.05, 3.63) is 35.9 Å². The van der Waals surface area contributed by atoms with Crippen LogP contribution in [0, 0.1) is 6.92 Å². The van der Waals surface area contributed by atoms with E-state index in [1.54, 1.807) is 26.2 Å². The van der Waals surface area contributed by atoms with Gasteiger partial charge in [0.15, 0.2) is 11.6 Å². The Balaban J connectivity index is 2.13. The lowest BCUT2D eigenvalue weighted by atomic mass is 10.2. The van der Waals surface area contributed by atoms with Gasteiger partial charge in [0.1, 0.15) is 5.75 Å². The summed E-state index contributed by atoms with van der Waals surface area (Å²) in [4.78, 5) is 0. The summed E-state index contributed by atoms with van der Waals surface area (Å²) in [5.41, 5.74) is 1.84. The Kier molecular flexibility index (Phi) is 5.38. The molecule has 2 rings (SSSR count). The third kappa shape index (κ3) is 4.82. The van der Waals surface area contributed by atoms with Gasteiger partial charge in [-0.3, -0.25) is 4.72 Å². The number of benzene rings is 1. The predicted octanol–water partition coefficient (Wildman–Crippen LogP) is 2.69. The molecule has 0 amide bonds. The summed E-state index contributed by atoms with van der Waals surface area (Å²) in [6.07, 6.45) is 0.537. The molecule has 0 atom stereocenters. The van der Waals surface area contributed by atoms with Crippen molar-refractivity contribution in [2.24, 2.45) is 0 Å². The van der Waals surface area contributed by atoms with Crippen LogP contribution in [0.4, 0.5) is 17.3 Å². The van der Waals surface area contributed by atoms with Crippen molar-refractivity contribution >= 4 is 27.3 Å². The van der Waals surface area contributed by atoms with Gasteiger partial charge in [-0.25, -0.2) is 8.42 Å². The zero-order valence-electron chi connectivity index (χ0n) is 13.3. The van der Waals surface area contributed by atoms with E-state index in [-0.39, 0.29) is 11.6 Å². The van der Waals surface area contributed by atoms with Crippen LogP contribution < -0.4 is 14.8 Å². The van der Waals surface area contributed by atoms with Crippen molar-refractivity contribution in [1.29, 1.82) is 0 Å². The second-order valence-electron chi connectivity index (χ2n) is 5.05. The minimum Gasteiger partial charge on any atom is -0.495 e. The topological polar surface area (TPSA) is 93.2 Å². The number of nitrogens with zero attached hydrogens (tertiary/aromatic N) is 2. The highest BCUT2D eigenvalue weighted by Gasteiger charge is 2.10. The molecule has 0 spiro atoms. The van der Waals surface area contributed by atoms with Gasteiger partial charge >= 0.3 is 0 Å². The SMILES string of the molecule is CCCS(=O)(=O)Nc1ccc(Nc2cc(C)ccc2OC)nn1. The van der Waals surface area contributed by atoms with Crippen molar-refractivity contribution in [3.63, 3.8) is 0 Å². The number of rotatable bonds is 7. The van der Waals surface area contributed by atoms with Crippen LogP contribution >= 0.6 is 0 Å². The van der Waals surface area contributed by atoms with E-state index < -0.39 is 10.0 Å². The van der Waals surface area contributed by atoms with Gasteiger partial charge in [0.05, 0.1) is 18.6 Å². The number of sulfonamides is 1. The average molecular weight is 336 g/mol. The van der Waals surface area contributed by atoms with Crippen molar-refractivity contribution in [1.82, 2.24) is 10.2 Å². The number of aromatic nitrogens is 2. The number of methoxy groups -OCH3 is 1. The molecule has 23 heavy (non-hydrogen) atoms. The molecular weight excluding hydrogens is 316 g/mol. The zero-order chi connectivity index (χ0) is 16.9. The predicted molar refractivity (Wildman–Crippen MR) is 90.7 cm³/mol. The minimum atomic E-state index is -3.37. The number of hydrogen-bond acceptors (Lipinski definition) is 6. The summed E-state index contributed by atoms with van der Waals surface area (Å²) in [7, 11) is -1.78. The van der Waals surface area contributed by atoms with Crippen LogP contribution in [0.5, 0.6) is 5.75 Å². The molecule has 1 heterocycles. The average Bonchev–Trinajstić information content (AvgIpc) is 2.49. The Labute approximate surface area is 136 Å². The lowest BCUT2D eigenvalue weighted by Crippen LogP contribution is -2.17. The second-order valence-corrected chi connectivity index (χ2v) is 6.90. The van der Waals surface area contributed by atoms with Gasteiger partial charge in [0.2, 0.25) is 10.0 Å². The number of aryl methyl sites for hydroxylation is 1. The number of anilines is 3. The molecule has 0 aliphatic heterocycles. The van der Waals surface area contributed by atoms with Crippen LogP contribution in [0.1, 0.15) is 18.9 Å². The van der Waals surface area contributed by atoms with Crippen molar-refractivity contribution < 1.29 is 13.2 Å². The van der Waals surface area contributed by atoms with Crippen LogP contribution in [0.3, 0.4) is 0 Å². The fraction of sp³-hybridized carbons (Fsp3) is 0.333. The Hall–Kier alpha value is -2.35. The molecule has 8 heteroatoms. The molecular formula is C15H20N4O3S. The molecule has 1 aromatic heterocycles. The molecule has 0 saturated heterocycles. The minimum absolute atomic E-state index is 0.0508. The first-order valence-corrected chi connectivity index (χ1v) is 8.84. The summed E-state index contributed by atoms with van der Waals surface area (Å²) in [5.74, 6) is 1.42. The molecule has 0 aliphatic carbocycles. The smallest absolute Gasteiger partial charge is 0.233 e. The van der Waals surface area contributed by atoms with E-state index in [1.807, 2.05) is 25.1 Å². The molecule has 0 saturated carbocycles. The summed E-state index contributed by atoms with van der Waals surface area (Å²) in [6.45, 7) is 3.77. The highest BCUT2D eigenvalue weighted by atomic mass is 32.2. The molecule has 2 N–H and O–H groups in total. The summed E-state index contributed by atoms with van der Waals surface area (Å²) >= 11 is 0. The first kappa shape index (κ1) is 17.0. The third-order valence-electron chi connectivity index (χ3n) is 3.02. The maximum Gasteiger partial charge on any atom is 0.233 e. The van der Waals surface area contributed by atoms with E-state index in [0.717, 1.165) is 11.3 Å². The maximum atomic E-state index is 11.7. The third-order valence-corrected chi connectivity index (χ3v) is 4.48. The van der Waals surface area contributed by atoms with Gasteiger partial charge in [-0.15, -0.1) is 10.2 Å². The molecule has 0 radical (unpaired) electrons. The lowest BCUT2D eigenvalue weighted by molar-refractivity contribution is 0.416. The number of ether oxygens (including phenoxy) is 1. The molecule has 124 valence electrons. The molecule has 2 aromatic rings. The van der Waals surface area contributed by atoms with Crippen molar-refractivity contribution in [2.45, 2.75) is 20.3 Å². The molecule has 0 aliphatic rings. The maximum absolute atomic E-state index is 11.7. The summed E-state index contributed by atoms with van der Waals surface area (Å²) in [6, 6.07) is 8.95. The fourth-order valence-electron chi connectivity index (χ4n) is 1.99. The highest BCUT2D eigenvalue weighted by molar-refractivity contribution is 7.92. The lowest BCUT2D eigenvalue weighted by Gasteiger charge is -2.11. The highest BCUT2D eigenvalue weighted by Crippen LogP contribution is 2.27. The monoisotopic (exact) mass is 336 g/mol. The Morgan fingerprint density at radius 2 is 1.83 bits per heavy atom. The van der Waals surface area contributed by atoms with Gasteiger partial charge in [-0.1, -0.05) is 13.0 Å². The number of hydrogen-bond donors (Lipinski definition) is 2. The van der Waals surface area contributed by atoms with E-state index in [4.69, 9.17) is 4.74 Å². The van der Waals surface area contributed by atoms with Crippen LogP contribution in [-0.4, -0.2) is 31.5 Å². The van der Waals surface area contributed by atoms with Crippen LogP contribution in [0.15, 0.2) is 30.3 Å². The van der Waals surface area contributed by atoms with E-state index in [2.05, 4.69) is 20.2 Å². The Bertz CT molecular complexity index is 761. The molecule has 0 bridgehead atoms. The summed E-state index contributed by atoms with van der Waals surface area (Å²) < 4.78 is 31.0. The van der Waals surface area contributed by atoms with Gasteiger partial charge in [0, 0.05) is 0 Å². The van der Waals surface area contributed by atoms with Gasteiger partial charge in [-0.05, 0) is 43.2 Å². The van der Waals surface area contributed by atoms with Gasteiger partial charge in [0.25, 0.3) is 0 Å². The van der Waals surface area contributed by atoms with Crippen LogP contribution in [-0.2, 0) is 10.0 Å².